The lowest BCUT2D eigenvalue weighted by Crippen LogP contribution is -2.34. The molecule has 122 valence electrons. The summed E-state index contributed by atoms with van der Waals surface area (Å²) in [6, 6.07) is 14.1. The summed E-state index contributed by atoms with van der Waals surface area (Å²) >= 11 is 0. The molecule has 0 aliphatic heterocycles. The molecule has 0 saturated carbocycles. The van der Waals surface area contributed by atoms with Crippen molar-refractivity contribution < 1.29 is 14.3 Å². The SMILES string of the molecule is C#CCOC[C@@H](O)CN(Cc1ccccc1)Cc1ccc(C)o1. The third-order valence-corrected chi connectivity index (χ3v) is 3.39. The fourth-order valence-electron chi connectivity index (χ4n) is 2.42. The van der Waals surface area contributed by atoms with Gasteiger partial charge in [-0.05, 0) is 24.6 Å². The van der Waals surface area contributed by atoms with Crippen LogP contribution in [0.3, 0.4) is 0 Å². The predicted molar refractivity (Wildman–Crippen MR) is 89.7 cm³/mol. The van der Waals surface area contributed by atoms with Gasteiger partial charge in [0.05, 0.1) is 19.3 Å². The van der Waals surface area contributed by atoms with Crippen LogP contribution in [0.2, 0.25) is 0 Å². The first-order valence-corrected chi connectivity index (χ1v) is 7.68. The number of aliphatic hydroxyl groups excluding tert-OH is 1. The van der Waals surface area contributed by atoms with Crippen LogP contribution in [0, 0.1) is 19.3 Å². The second-order valence-corrected chi connectivity index (χ2v) is 5.54. The van der Waals surface area contributed by atoms with Gasteiger partial charge in [0.2, 0.25) is 0 Å². The quantitative estimate of drug-likeness (QED) is 0.571. The van der Waals surface area contributed by atoms with Crippen molar-refractivity contribution in [1.29, 1.82) is 0 Å². The summed E-state index contributed by atoms with van der Waals surface area (Å²) in [5.41, 5.74) is 1.19. The number of terminal acetylenes is 1. The average molecular weight is 313 g/mol. The number of rotatable bonds is 9. The molecule has 0 amide bonds. The third kappa shape index (κ3) is 6.29. The van der Waals surface area contributed by atoms with Gasteiger partial charge >= 0.3 is 0 Å². The summed E-state index contributed by atoms with van der Waals surface area (Å²) in [4.78, 5) is 2.14. The molecule has 1 atom stereocenters. The van der Waals surface area contributed by atoms with Gasteiger partial charge in [0.15, 0.2) is 0 Å². The molecule has 1 heterocycles. The van der Waals surface area contributed by atoms with Gasteiger partial charge in [-0.3, -0.25) is 4.90 Å². The second-order valence-electron chi connectivity index (χ2n) is 5.54. The minimum atomic E-state index is -0.594. The first kappa shape index (κ1) is 17.3. The molecule has 0 unspecified atom stereocenters. The summed E-state index contributed by atoms with van der Waals surface area (Å²) in [7, 11) is 0. The van der Waals surface area contributed by atoms with Gasteiger partial charge in [-0.2, -0.15) is 0 Å². The Balaban J connectivity index is 1.97. The maximum atomic E-state index is 10.1. The van der Waals surface area contributed by atoms with Crippen LogP contribution in [0.5, 0.6) is 0 Å². The first-order valence-electron chi connectivity index (χ1n) is 7.68. The van der Waals surface area contributed by atoms with Gasteiger partial charge in [0.1, 0.15) is 18.1 Å². The van der Waals surface area contributed by atoms with Crippen LogP contribution in [0.25, 0.3) is 0 Å². The summed E-state index contributed by atoms with van der Waals surface area (Å²) in [6.07, 6.45) is 4.55. The Bertz CT molecular complexity index is 615. The molecule has 0 aliphatic rings. The number of hydrogen-bond acceptors (Lipinski definition) is 4. The van der Waals surface area contributed by atoms with Crippen molar-refractivity contribution in [3.63, 3.8) is 0 Å². The molecule has 0 saturated heterocycles. The highest BCUT2D eigenvalue weighted by Gasteiger charge is 2.14. The molecule has 4 heteroatoms. The topological polar surface area (TPSA) is 45.8 Å². The largest absolute Gasteiger partial charge is 0.465 e. The molecule has 23 heavy (non-hydrogen) atoms. The molecule has 1 aromatic heterocycles. The smallest absolute Gasteiger partial charge is 0.118 e. The molecule has 0 fully saturated rings. The fourth-order valence-corrected chi connectivity index (χ4v) is 2.42. The van der Waals surface area contributed by atoms with Gasteiger partial charge in [-0.1, -0.05) is 36.3 Å². The van der Waals surface area contributed by atoms with Crippen LogP contribution in [0.15, 0.2) is 46.9 Å². The molecular weight excluding hydrogens is 290 g/mol. The number of aliphatic hydroxyl groups is 1. The van der Waals surface area contributed by atoms with Crippen molar-refractivity contribution in [1.82, 2.24) is 4.90 Å². The van der Waals surface area contributed by atoms with Crippen molar-refractivity contribution in [2.75, 3.05) is 19.8 Å². The Kier molecular flexibility index (Phi) is 6.89. The van der Waals surface area contributed by atoms with Crippen molar-refractivity contribution in [3.05, 3.63) is 59.5 Å². The van der Waals surface area contributed by atoms with E-state index in [9.17, 15) is 5.11 Å². The van der Waals surface area contributed by atoms with E-state index in [-0.39, 0.29) is 13.2 Å². The highest BCUT2D eigenvalue weighted by Crippen LogP contribution is 2.13. The lowest BCUT2D eigenvalue weighted by Gasteiger charge is -2.24. The molecule has 0 radical (unpaired) electrons. The van der Waals surface area contributed by atoms with Crippen LogP contribution in [0.1, 0.15) is 17.1 Å². The summed E-state index contributed by atoms with van der Waals surface area (Å²) in [5.74, 6) is 4.17. The Labute approximate surface area is 137 Å². The maximum Gasteiger partial charge on any atom is 0.118 e. The summed E-state index contributed by atoms with van der Waals surface area (Å²) < 4.78 is 10.9. The highest BCUT2D eigenvalue weighted by atomic mass is 16.5. The summed E-state index contributed by atoms with van der Waals surface area (Å²) in [6.45, 7) is 4.22. The fraction of sp³-hybridized carbons (Fsp3) is 0.368. The van der Waals surface area contributed by atoms with E-state index < -0.39 is 6.10 Å². The van der Waals surface area contributed by atoms with E-state index in [1.807, 2.05) is 37.3 Å². The van der Waals surface area contributed by atoms with Crippen LogP contribution < -0.4 is 0 Å². The van der Waals surface area contributed by atoms with E-state index >= 15 is 0 Å². The van der Waals surface area contributed by atoms with E-state index in [1.54, 1.807) is 0 Å². The Morgan fingerprint density at radius 2 is 2.00 bits per heavy atom. The van der Waals surface area contributed by atoms with Crippen LogP contribution in [-0.4, -0.2) is 35.9 Å². The van der Waals surface area contributed by atoms with E-state index in [0.29, 0.717) is 13.1 Å². The third-order valence-electron chi connectivity index (χ3n) is 3.39. The summed E-state index contributed by atoms with van der Waals surface area (Å²) in [5, 5.41) is 10.1. The van der Waals surface area contributed by atoms with Crippen molar-refractivity contribution in [3.8, 4) is 12.3 Å². The number of hydrogen-bond donors (Lipinski definition) is 1. The molecule has 1 N–H and O–H groups in total. The van der Waals surface area contributed by atoms with E-state index in [1.165, 1.54) is 5.56 Å². The molecule has 1 aromatic carbocycles. The maximum absolute atomic E-state index is 10.1. The van der Waals surface area contributed by atoms with Crippen molar-refractivity contribution in [2.24, 2.45) is 0 Å². The van der Waals surface area contributed by atoms with E-state index in [4.69, 9.17) is 15.6 Å². The number of ether oxygens (including phenoxy) is 1. The van der Waals surface area contributed by atoms with Crippen LogP contribution >= 0.6 is 0 Å². The monoisotopic (exact) mass is 313 g/mol. The lowest BCUT2D eigenvalue weighted by atomic mass is 10.2. The molecule has 0 spiro atoms. The Morgan fingerprint density at radius 3 is 2.65 bits per heavy atom. The van der Waals surface area contributed by atoms with Gasteiger partial charge < -0.3 is 14.3 Å². The predicted octanol–water partition coefficient (Wildman–Crippen LogP) is 2.60. The first-order chi connectivity index (χ1) is 11.2. The molecule has 4 nitrogen and oxygen atoms in total. The van der Waals surface area contributed by atoms with Crippen molar-refractivity contribution in [2.45, 2.75) is 26.1 Å². The number of nitrogens with zero attached hydrogens (tertiary/aromatic N) is 1. The van der Waals surface area contributed by atoms with Gasteiger partial charge in [-0.25, -0.2) is 0 Å². The Morgan fingerprint density at radius 1 is 1.22 bits per heavy atom. The number of furan rings is 1. The zero-order chi connectivity index (χ0) is 16.5. The van der Waals surface area contributed by atoms with Crippen molar-refractivity contribution >= 4 is 0 Å². The van der Waals surface area contributed by atoms with Crippen LogP contribution in [-0.2, 0) is 17.8 Å². The lowest BCUT2D eigenvalue weighted by molar-refractivity contribution is 0.0230. The number of aryl methyl sites for hydroxylation is 1. The van der Waals surface area contributed by atoms with E-state index in [0.717, 1.165) is 18.1 Å². The zero-order valence-corrected chi connectivity index (χ0v) is 13.4. The second kappa shape index (κ2) is 9.16. The zero-order valence-electron chi connectivity index (χ0n) is 13.4. The molecule has 2 aromatic rings. The van der Waals surface area contributed by atoms with Gasteiger partial charge in [0.25, 0.3) is 0 Å². The molecular formula is C19H23NO3. The number of benzene rings is 1. The standard InChI is InChI=1S/C19H23NO3/c1-3-11-22-15-18(21)13-20(12-17-7-5-4-6-8-17)14-19-10-9-16(2)23-19/h1,4-10,18,21H,11-15H2,2H3/t18-/m0/s1. The molecule has 2 rings (SSSR count). The van der Waals surface area contributed by atoms with Gasteiger partial charge in [0, 0.05) is 13.1 Å². The normalized spacial score (nSPS) is 12.3. The van der Waals surface area contributed by atoms with Gasteiger partial charge in [-0.15, -0.1) is 6.42 Å². The highest BCUT2D eigenvalue weighted by molar-refractivity contribution is 5.15. The molecule has 0 bridgehead atoms. The Hall–Kier alpha value is -2.06. The molecule has 0 aliphatic carbocycles. The minimum absolute atomic E-state index is 0.215. The van der Waals surface area contributed by atoms with Crippen LogP contribution in [0.4, 0.5) is 0 Å². The average Bonchev–Trinajstić information content (AvgIpc) is 2.93. The minimum Gasteiger partial charge on any atom is -0.465 e. The van der Waals surface area contributed by atoms with E-state index in [2.05, 4.69) is 23.0 Å².